The molecule has 2 N–H and O–H groups in total. The largest absolute Gasteiger partial charge is 0.507 e. The Hall–Kier alpha value is -0.780. The van der Waals surface area contributed by atoms with Crippen LogP contribution in [0.3, 0.4) is 0 Å². The molecule has 0 radical (unpaired) electrons. The number of amides is 1. The number of halogens is 1. The van der Waals surface area contributed by atoms with E-state index in [1.165, 1.54) is 13.0 Å². The molecule has 1 amide bonds. The van der Waals surface area contributed by atoms with Gasteiger partial charge < -0.3 is 10.4 Å². The summed E-state index contributed by atoms with van der Waals surface area (Å²) in [5, 5.41) is 11.8. The van der Waals surface area contributed by atoms with Gasteiger partial charge in [0.1, 0.15) is 5.75 Å². The highest BCUT2D eigenvalue weighted by Crippen LogP contribution is 2.22. The first kappa shape index (κ1) is 9.31. The molecule has 0 heterocycles. The van der Waals surface area contributed by atoms with Crippen LogP contribution in [-0.4, -0.2) is 11.0 Å². The Kier molecular flexibility index (Phi) is 2.91. The van der Waals surface area contributed by atoms with Crippen molar-refractivity contribution in [3.63, 3.8) is 0 Å². The number of carbonyl (C=O) groups excluding carboxylic acids is 1. The molecule has 0 aliphatic heterocycles. The molecule has 0 saturated heterocycles. The van der Waals surface area contributed by atoms with E-state index in [-0.39, 0.29) is 11.7 Å². The molecule has 0 spiro atoms. The van der Waals surface area contributed by atoms with Crippen molar-refractivity contribution in [2.45, 2.75) is 6.92 Å². The van der Waals surface area contributed by atoms with Gasteiger partial charge in [-0.05, 0) is 34.7 Å². The molecule has 0 aliphatic rings. The van der Waals surface area contributed by atoms with Crippen LogP contribution < -0.4 is 5.32 Å². The zero-order valence-corrected chi connectivity index (χ0v) is 8.62. The number of nitrogens with one attached hydrogen (secondary N) is 1. The summed E-state index contributed by atoms with van der Waals surface area (Å²) in [5.74, 6) is 0.0393. The quantitative estimate of drug-likeness (QED) is 0.771. The van der Waals surface area contributed by atoms with Crippen LogP contribution in [0.25, 0.3) is 0 Å². The van der Waals surface area contributed by atoms with Crippen LogP contribution in [0, 0.1) is 3.57 Å². The minimum Gasteiger partial charge on any atom is -0.507 e. The van der Waals surface area contributed by atoms with Gasteiger partial charge in [-0.2, -0.15) is 0 Å². The van der Waals surface area contributed by atoms with Gasteiger partial charge in [-0.3, -0.25) is 4.79 Å². The highest BCUT2D eigenvalue weighted by molar-refractivity contribution is 14.1. The Morgan fingerprint density at radius 3 is 2.75 bits per heavy atom. The van der Waals surface area contributed by atoms with E-state index in [0.717, 1.165) is 3.57 Å². The molecular weight excluding hydrogens is 269 g/mol. The summed E-state index contributed by atoms with van der Waals surface area (Å²) in [5.41, 5.74) is 0.611. The molecule has 3 nitrogen and oxygen atoms in total. The predicted octanol–water partition coefficient (Wildman–Crippen LogP) is 1.96. The van der Waals surface area contributed by atoms with E-state index in [2.05, 4.69) is 5.32 Å². The third-order valence-corrected chi connectivity index (χ3v) is 2.18. The number of carbonyl (C=O) groups is 1. The van der Waals surface area contributed by atoms with Crippen molar-refractivity contribution < 1.29 is 9.90 Å². The van der Waals surface area contributed by atoms with E-state index in [0.29, 0.717) is 5.69 Å². The van der Waals surface area contributed by atoms with Gasteiger partial charge in [0.2, 0.25) is 5.91 Å². The molecule has 0 bridgehead atoms. The minimum atomic E-state index is -0.143. The molecule has 1 aromatic carbocycles. The van der Waals surface area contributed by atoms with Gasteiger partial charge in [-0.25, -0.2) is 0 Å². The fraction of sp³-hybridized carbons (Fsp3) is 0.125. The molecular formula is C8H8INO2. The van der Waals surface area contributed by atoms with Gasteiger partial charge >= 0.3 is 0 Å². The van der Waals surface area contributed by atoms with Crippen molar-refractivity contribution in [3.8, 4) is 5.75 Å². The second-order valence-electron chi connectivity index (χ2n) is 2.35. The number of rotatable bonds is 1. The van der Waals surface area contributed by atoms with Crippen LogP contribution in [0.2, 0.25) is 0 Å². The van der Waals surface area contributed by atoms with E-state index < -0.39 is 0 Å². The first-order valence-corrected chi connectivity index (χ1v) is 4.43. The molecule has 4 heteroatoms. The molecule has 0 unspecified atom stereocenters. The van der Waals surface area contributed by atoms with E-state index in [9.17, 15) is 9.90 Å². The Morgan fingerprint density at radius 2 is 2.25 bits per heavy atom. The second kappa shape index (κ2) is 3.75. The fourth-order valence-corrected chi connectivity index (χ4v) is 1.13. The molecule has 0 fully saturated rings. The number of phenolic OH excluding ortho intramolecular Hbond substituents is 1. The average molecular weight is 277 g/mol. The van der Waals surface area contributed by atoms with Crippen LogP contribution in [0.15, 0.2) is 18.2 Å². The summed E-state index contributed by atoms with van der Waals surface area (Å²) in [6, 6.07) is 4.99. The summed E-state index contributed by atoms with van der Waals surface area (Å²) in [6.45, 7) is 1.43. The van der Waals surface area contributed by atoms with Crippen LogP contribution in [-0.2, 0) is 4.79 Å². The summed E-state index contributed by atoms with van der Waals surface area (Å²) in [6.07, 6.45) is 0. The number of hydrogen-bond donors (Lipinski definition) is 2. The summed E-state index contributed by atoms with van der Waals surface area (Å²) >= 11 is 2.01. The number of phenols is 1. The van der Waals surface area contributed by atoms with Gasteiger partial charge in [0.15, 0.2) is 0 Å². The highest BCUT2D eigenvalue weighted by Gasteiger charge is 1.99. The van der Waals surface area contributed by atoms with Gasteiger partial charge in [0, 0.05) is 18.7 Å². The van der Waals surface area contributed by atoms with Crippen LogP contribution in [0.1, 0.15) is 6.92 Å². The Bertz CT molecular complexity index is 312. The number of benzene rings is 1. The van der Waals surface area contributed by atoms with Crippen molar-refractivity contribution in [1.29, 1.82) is 0 Å². The average Bonchev–Trinajstić information content (AvgIpc) is 1.96. The van der Waals surface area contributed by atoms with Gasteiger partial charge in [0.25, 0.3) is 0 Å². The van der Waals surface area contributed by atoms with Crippen molar-refractivity contribution >= 4 is 34.2 Å². The van der Waals surface area contributed by atoms with E-state index in [1.54, 1.807) is 12.1 Å². The maximum absolute atomic E-state index is 10.6. The zero-order chi connectivity index (χ0) is 9.14. The van der Waals surface area contributed by atoms with Gasteiger partial charge in [0.05, 0.1) is 3.57 Å². The molecule has 0 aromatic heterocycles. The van der Waals surface area contributed by atoms with E-state index in [4.69, 9.17) is 0 Å². The lowest BCUT2D eigenvalue weighted by Crippen LogP contribution is -2.05. The second-order valence-corrected chi connectivity index (χ2v) is 3.51. The van der Waals surface area contributed by atoms with Gasteiger partial charge in [-0.15, -0.1) is 0 Å². The van der Waals surface area contributed by atoms with Crippen molar-refractivity contribution in [3.05, 3.63) is 21.8 Å². The predicted molar refractivity (Wildman–Crippen MR) is 55.1 cm³/mol. The topological polar surface area (TPSA) is 49.3 Å². The van der Waals surface area contributed by atoms with Crippen LogP contribution in [0.5, 0.6) is 5.75 Å². The maximum Gasteiger partial charge on any atom is 0.221 e. The maximum atomic E-state index is 10.6. The summed E-state index contributed by atoms with van der Waals surface area (Å²) in [4.78, 5) is 10.6. The fourth-order valence-electron chi connectivity index (χ4n) is 0.794. The standard InChI is InChI=1S/C8H8INO2/c1-5(11)10-6-2-3-7(9)8(12)4-6/h2-4,12H,1H3,(H,10,11). The van der Waals surface area contributed by atoms with Crippen molar-refractivity contribution in [1.82, 2.24) is 0 Å². The molecule has 0 saturated carbocycles. The van der Waals surface area contributed by atoms with Gasteiger partial charge in [-0.1, -0.05) is 0 Å². The Balaban J connectivity index is 2.89. The Labute approximate surface area is 83.9 Å². The molecule has 64 valence electrons. The number of hydrogen-bond acceptors (Lipinski definition) is 2. The monoisotopic (exact) mass is 277 g/mol. The molecule has 12 heavy (non-hydrogen) atoms. The third-order valence-electron chi connectivity index (χ3n) is 1.27. The van der Waals surface area contributed by atoms with E-state index in [1.807, 2.05) is 22.6 Å². The smallest absolute Gasteiger partial charge is 0.221 e. The normalized spacial score (nSPS) is 9.50. The van der Waals surface area contributed by atoms with Crippen molar-refractivity contribution in [2.75, 3.05) is 5.32 Å². The third kappa shape index (κ3) is 2.37. The molecule has 1 rings (SSSR count). The lowest BCUT2D eigenvalue weighted by Gasteiger charge is -2.02. The van der Waals surface area contributed by atoms with E-state index >= 15 is 0 Å². The SMILES string of the molecule is CC(=O)Nc1ccc(I)c(O)c1. The number of anilines is 1. The van der Waals surface area contributed by atoms with Crippen molar-refractivity contribution in [2.24, 2.45) is 0 Å². The first-order chi connectivity index (χ1) is 5.59. The molecule has 0 aliphatic carbocycles. The Morgan fingerprint density at radius 1 is 1.58 bits per heavy atom. The lowest BCUT2D eigenvalue weighted by atomic mass is 10.3. The summed E-state index contributed by atoms with van der Waals surface area (Å²) < 4.78 is 0.765. The minimum absolute atomic E-state index is 0.143. The lowest BCUT2D eigenvalue weighted by molar-refractivity contribution is -0.114. The molecule has 0 atom stereocenters. The summed E-state index contributed by atoms with van der Waals surface area (Å²) in [7, 11) is 0. The zero-order valence-electron chi connectivity index (χ0n) is 6.47. The van der Waals surface area contributed by atoms with Crippen LogP contribution in [0.4, 0.5) is 5.69 Å². The highest BCUT2D eigenvalue weighted by atomic mass is 127. The van der Waals surface area contributed by atoms with Crippen LogP contribution >= 0.6 is 22.6 Å². The molecule has 1 aromatic rings. The first-order valence-electron chi connectivity index (χ1n) is 3.35. The number of aromatic hydroxyl groups is 1.